The first-order chi connectivity index (χ1) is 14.0. The number of amides is 3. The number of anilines is 1. The highest BCUT2D eigenvalue weighted by molar-refractivity contribution is 6.30. The lowest BCUT2D eigenvalue weighted by molar-refractivity contribution is -0.131. The van der Waals surface area contributed by atoms with Crippen molar-refractivity contribution in [2.45, 2.75) is 63.2 Å². The van der Waals surface area contributed by atoms with E-state index < -0.39 is 6.10 Å². The van der Waals surface area contributed by atoms with Crippen molar-refractivity contribution in [1.82, 2.24) is 10.6 Å². The zero-order valence-corrected chi connectivity index (χ0v) is 17.3. The summed E-state index contributed by atoms with van der Waals surface area (Å²) >= 11 is 5.83. The van der Waals surface area contributed by atoms with Gasteiger partial charge in [0.15, 0.2) is 0 Å². The number of carbonyl (C=O) groups is 2. The largest absolute Gasteiger partial charge is 0.394 e. The molecule has 1 aliphatic heterocycles. The van der Waals surface area contributed by atoms with Crippen LogP contribution in [0.15, 0.2) is 24.3 Å². The van der Waals surface area contributed by atoms with Gasteiger partial charge in [-0.3, -0.25) is 4.79 Å². The van der Waals surface area contributed by atoms with Crippen molar-refractivity contribution in [3.63, 3.8) is 0 Å². The molecule has 3 atom stereocenters. The monoisotopic (exact) mass is 423 g/mol. The van der Waals surface area contributed by atoms with Crippen molar-refractivity contribution in [2.24, 2.45) is 5.92 Å². The standard InChI is InChI=1S/C21H30ClN3O4/c22-15-5-7-16(8-6-15)24-21(28)23-12-11-17-9-10-18(19(13-26)29-17)25-20(27)14-3-1-2-4-14/h5-8,14,17-19,26H,1-4,9-13H2,(H,25,27)(H2,23,24,28)/t17-,18-,19-/m0/s1. The maximum absolute atomic E-state index is 12.4. The van der Waals surface area contributed by atoms with Gasteiger partial charge in [0.1, 0.15) is 6.10 Å². The molecule has 1 heterocycles. The lowest BCUT2D eigenvalue weighted by atomic mass is 9.96. The second-order valence-electron chi connectivity index (χ2n) is 7.83. The predicted molar refractivity (Wildman–Crippen MR) is 112 cm³/mol. The van der Waals surface area contributed by atoms with Crippen LogP contribution in [0.3, 0.4) is 0 Å². The number of ether oxygens (including phenoxy) is 1. The summed E-state index contributed by atoms with van der Waals surface area (Å²) in [5.41, 5.74) is 0.669. The summed E-state index contributed by atoms with van der Waals surface area (Å²) in [4.78, 5) is 24.3. The number of aliphatic hydroxyl groups is 1. The summed E-state index contributed by atoms with van der Waals surface area (Å²) in [7, 11) is 0. The number of rotatable bonds is 7. The SMILES string of the molecule is O=C(NCC[C@@H]1CC[C@H](NC(=O)C2CCCC2)[C@H](CO)O1)Nc1ccc(Cl)cc1. The summed E-state index contributed by atoms with van der Waals surface area (Å²) in [5.74, 6) is 0.198. The third kappa shape index (κ3) is 6.59. The Kier molecular flexibility index (Phi) is 8.15. The first kappa shape index (κ1) is 21.9. The highest BCUT2D eigenvalue weighted by Crippen LogP contribution is 2.27. The van der Waals surface area contributed by atoms with E-state index in [2.05, 4.69) is 16.0 Å². The van der Waals surface area contributed by atoms with Gasteiger partial charge in [-0.25, -0.2) is 4.79 Å². The Morgan fingerprint density at radius 1 is 1.10 bits per heavy atom. The third-order valence-electron chi connectivity index (χ3n) is 5.70. The molecule has 1 saturated carbocycles. The van der Waals surface area contributed by atoms with Crippen molar-refractivity contribution in [3.8, 4) is 0 Å². The molecule has 0 bridgehead atoms. The Balaban J connectivity index is 1.37. The number of hydrogen-bond donors (Lipinski definition) is 4. The highest BCUT2D eigenvalue weighted by atomic mass is 35.5. The molecule has 0 spiro atoms. The minimum atomic E-state index is -0.401. The molecule has 0 radical (unpaired) electrons. The quantitative estimate of drug-likeness (QED) is 0.541. The fourth-order valence-corrected chi connectivity index (χ4v) is 4.18. The number of urea groups is 1. The van der Waals surface area contributed by atoms with Crippen LogP contribution in [0.25, 0.3) is 0 Å². The molecule has 1 saturated heterocycles. The van der Waals surface area contributed by atoms with E-state index in [1.807, 2.05) is 0 Å². The Morgan fingerprint density at radius 2 is 1.83 bits per heavy atom. The fourth-order valence-electron chi connectivity index (χ4n) is 4.05. The maximum Gasteiger partial charge on any atom is 0.319 e. The second-order valence-corrected chi connectivity index (χ2v) is 8.27. The van der Waals surface area contributed by atoms with E-state index in [-0.39, 0.29) is 36.6 Å². The van der Waals surface area contributed by atoms with Gasteiger partial charge >= 0.3 is 6.03 Å². The number of hydrogen-bond acceptors (Lipinski definition) is 4. The van der Waals surface area contributed by atoms with Gasteiger partial charge < -0.3 is 25.8 Å². The zero-order valence-electron chi connectivity index (χ0n) is 16.5. The van der Waals surface area contributed by atoms with Crippen molar-refractivity contribution < 1.29 is 19.4 Å². The molecule has 7 nitrogen and oxygen atoms in total. The zero-order chi connectivity index (χ0) is 20.6. The maximum atomic E-state index is 12.4. The number of nitrogens with one attached hydrogen (secondary N) is 3. The molecular formula is C21H30ClN3O4. The van der Waals surface area contributed by atoms with Gasteiger partial charge in [-0.1, -0.05) is 24.4 Å². The Labute approximate surface area is 176 Å². The molecular weight excluding hydrogens is 394 g/mol. The minimum absolute atomic E-state index is 0.0531. The van der Waals surface area contributed by atoms with Crippen LogP contribution in [0.5, 0.6) is 0 Å². The normalized spacial score (nSPS) is 24.8. The topological polar surface area (TPSA) is 99.7 Å². The van der Waals surface area contributed by atoms with E-state index >= 15 is 0 Å². The van der Waals surface area contributed by atoms with Crippen LogP contribution in [-0.2, 0) is 9.53 Å². The van der Waals surface area contributed by atoms with E-state index in [1.165, 1.54) is 0 Å². The van der Waals surface area contributed by atoms with Gasteiger partial charge in [0.05, 0.1) is 18.8 Å². The van der Waals surface area contributed by atoms with Crippen molar-refractivity contribution in [1.29, 1.82) is 0 Å². The summed E-state index contributed by atoms with van der Waals surface area (Å²) in [6.45, 7) is 0.331. The highest BCUT2D eigenvalue weighted by Gasteiger charge is 2.33. The summed E-state index contributed by atoms with van der Waals surface area (Å²) < 4.78 is 5.97. The first-order valence-corrected chi connectivity index (χ1v) is 10.8. The number of aliphatic hydroxyl groups excluding tert-OH is 1. The van der Waals surface area contributed by atoms with Gasteiger partial charge in [0, 0.05) is 23.2 Å². The smallest absolute Gasteiger partial charge is 0.319 e. The van der Waals surface area contributed by atoms with Crippen molar-refractivity contribution >= 4 is 29.2 Å². The van der Waals surface area contributed by atoms with E-state index in [0.717, 1.165) is 38.5 Å². The van der Waals surface area contributed by atoms with Crippen LogP contribution < -0.4 is 16.0 Å². The van der Waals surface area contributed by atoms with E-state index in [1.54, 1.807) is 24.3 Å². The average molecular weight is 424 g/mol. The molecule has 1 aromatic rings. The number of carbonyl (C=O) groups excluding carboxylic acids is 2. The Morgan fingerprint density at radius 3 is 2.52 bits per heavy atom. The van der Waals surface area contributed by atoms with E-state index in [9.17, 15) is 14.7 Å². The molecule has 8 heteroatoms. The molecule has 1 aromatic carbocycles. The molecule has 0 aromatic heterocycles. The van der Waals surface area contributed by atoms with Crippen LogP contribution in [0.2, 0.25) is 5.02 Å². The summed E-state index contributed by atoms with van der Waals surface area (Å²) in [5, 5.41) is 18.9. The van der Waals surface area contributed by atoms with E-state index in [0.29, 0.717) is 23.7 Å². The summed E-state index contributed by atoms with van der Waals surface area (Å²) in [6, 6.07) is 6.46. The Hall–Kier alpha value is -1.83. The number of halogens is 1. The molecule has 3 rings (SSSR count). The molecule has 3 amide bonds. The van der Waals surface area contributed by atoms with Crippen LogP contribution in [-0.4, -0.2) is 48.4 Å². The molecule has 1 aliphatic carbocycles. The van der Waals surface area contributed by atoms with Gasteiger partial charge in [-0.05, 0) is 56.4 Å². The molecule has 2 fully saturated rings. The van der Waals surface area contributed by atoms with Crippen LogP contribution >= 0.6 is 11.6 Å². The lowest BCUT2D eigenvalue weighted by Crippen LogP contribution is -2.52. The van der Waals surface area contributed by atoms with Gasteiger partial charge in [-0.15, -0.1) is 0 Å². The minimum Gasteiger partial charge on any atom is -0.394 e. The molecule has 160 valence electrons. The van der Waals surface area contributed by atoms with Gasteiger partial charge in [0.25, 0.3) is 0 Å². The summed E-state index contributed by atoms with van der Waals surface area (Å²) in [6.07, 6.45) is 5.88. The Bertz CT molecular complexity index is 679. The average Bonchev–Trinajstić information content (AvgIpc) is 3.26. The lowest BCUT2D eigenvalue weighted by Gasteiger charge is -2.36. The van der Waals surface area contributed by atoms with Crippen LogP contribution in [0, 0.1) is 5.92 Å². The third-order valence-corrected chi connectivity index (χ3v) is 5.96. The van der Waals surface area contributed by atoms with Crippen LogP contribution in [0.1, 0.15) is 44.9 Å². The fraction of sp³-hybridized carbons (Fsp3) is 0.619. The molecule has 2 aliphatic rings. The van der Waals surface area contributed by atoms with Crippen molar-refractivity contribution in [2.75, 3.05) is 18.5 Å². The van der Waals surface area contributed by atoms with Crippen LogP contribution in [0.4, 0.5) is 10.5 Å². The number of benzene rings is 1. The second kappa shape index (κ2) is 10.8. The molecule has 29 heavy (non-hydrogen) atoms. The molecule has 4 N–H and O–H groups in total. The van der Waals surface area contributed by atoms with Crippen molar-refractivity contribution in [3.05, 3.63) is 29.3 Å². The predicted octanol–water partition coefficient (Wildman–Crippen LogP) is 3.07. The molecule has 0 unspecified atom stereocenters. The van der Waals surface area contributed by atoms with E-state index in [4.69, 9.17) is 16.3 Å². The van der Waals surface area contributed by atoms with Gasteiger partial charge in [-0.2, -0.15) is 0 Å². The van der Waals surface area contributed by atoms with Gasteiger partial charge in [0.2, 0.25) is 5.91 Å². The first-order valence-electron chi connectivity index (χ1n) is 10.4.